The molecule has 0 bridgehead atoms. The van der Waals surface area contributed by atoms with Crippen LogP contribution in [0.25, 0.3) is 0 Å². The van der Waals surface area contributed by atoms with Gasteiger partial charge in [0, 0.05) is 15.1 Å². The molecular formula is C11H15BrN2OS. The SMILES string of the molecule is CC(C)(CSc1ccc(Br)cc1)C(=O)NN. The van der Waals surface area contributed by atoms with E-state index in [4.69, 9.17) is 5.84 Å². The number of carbonyl (C=O) groups is 1. The van der Waals surface area contributed by atoms with Gasteiger partial charge in [-0.2, -0.15) is 0 Å². The first kappa shape index (κ1) is 13.5. The molecule has 0 aliphatic heterocycles. The van der Waals surface area contributed by atoms with Crippen molar-refractivity contribution in [3.63, 3.8) is 0 Å². The first-order valence-corrected chi connectivity index (χ1v) is 6.63. The molecule has 0 aliphatic carbocycles. The average Bonchev–Trinajstić information content (AvgIpc) is 2.27. The van der Waals surface area contributed by atoms with E-state index in [9.17, 15) is 4.79 Å². The topological polar surface area (TPSA) is 55.1 Å². The van der Waals surface area contributed by atoms with Crippen LogP contribution in [0.3, 0.4) is 0 Å². The summed E-state index contributed by atoms with van der Waals surface area (Å²) in [5.74, 6) is 5.68. The van der Waals surface area contributed by atoms with Gasteiger partial charge in [-0.3, -0.25) is 10.2 Å². The fourth-order valence-corrected chi connectivity index (χ4v) is 2.31. The first-order chi connectivity index (χ1) is 7.45. The van der Waals surface area contributed by atoms with Crippen molar-refractivity contribution < 1.29 is 4.79 Å². The molecule has 1 amide bonds. The summed E-state index contributed by atoms with van der Waals surface area (Å²) in [6.07, 6.45) is 0. The van der Waals surface area contributed by atoms with Crippen LogP contribution < -0.4 is 11.3 Å². The zero-order valence-corrected chi connectivity index (χ0v) is 11.7. The summed E-state index contributed by atoms with van der Waals surface area (Å²) in [7, 11) is 0. The lowest BCUT2D eigenvalue weighted by molar-refractivity contribution is -0.128. The molecule has 1 aromatic rings. The molecule has 16 heavy (non-hydrogen) atoms. The van der Waals surface area contributed by atoms with Gasteiger partial charge in [0.15, 0.2) is 0 Å². The molecule has 0 heterocycles. The number of halogens is 1. The van der Waals surface area contributed by atoms with Gasteiger partial charge in [0.25, 0.3) is 0 Å². The molecule has 0 aromatic heterocycles. The monoisotopic (exact) mass is 302 g/mol. The number of carbonyl (C=O) groups excluding carboxylic acids is 1. The summed E-state index contributed by atoms with van der Waals surface area (Å²) in [5, 5.41) is 0. The Morgan fingerprint density at radius 2 is 2.00 bits per heavy atom. The van der Waals surface area contributed by atoms with Crippen molar-refractivity contribution in [1.82, 2.24) is 5.43 Å². The number of rotatable bonds is 4. The fourth-order valence-electron chi connectivity index (χ4n) is 1.06. The van der Waals surface area contributed by atoms with Crippen molar-refractivity contribution in [3.8, 4) is 0 Å². The molecule has 0 atom stereocenters. The largest absolute Gasteiger partial charge is 0.294 e. The standard InChI is InChI=1S/C11H15BrN2OS/c1-11(2,10(15)14-13)7-16-9-5-3-8(12)4-6-9/h3-6H,7,13H2,1-2H3,(H,14,15). The van der Waals surface area contributed by atoms with Crippen LogP contribution in [0, 0.1) is 5.41 Å². The minimum Gasteiger partial charge on any atom is -0.294 e. The van der Waals surface area contributed by atoms with Crippen molar-refractivity contribution in [2.24, 2.45) is 11.3 Å². The van der Waals surface area contributed by atoms with Gasteiger partial charge in [-0.1, -0.05) is 29.8 Å². The van der Waals surface area contributed by atoms with E-state index in [0.717, 1.165) is 9.37 Å². The Morgan fingerprint density at radius 1 is 1.44 bits per heavy atom. The lowest BCUT2D eigenvalue weighted by atomic mass is 9.96. The summed E-state index contributed by atoms with van der Waals surface area (Å²) in [6, 6.07) is 8.01. The van der Waals surface area contributed by atoms with Gasteiger partial charge in [0.1, 0.15) is 0 Å². The normalized spacial score (nSPS) is 11.2. The van der Waals surface area contributed by atoms with Crippen LogP contribution in [0.15, 0.2) is 33.6 Å². The maximum Gasteiger partial charge on any atom is 0.240 e. The molecule has 0 saturated carbocycles. The first-order valence-electron chi connectivity index (χ1n) is 4.85. The van der Waals surface area contributed by atoms with Gasteiger partial charge in [-0.05, 0) is 24.3 Å². The molecule has 5 heteroatoms. The van der Waals surface area contributed by atoms with Gasteiger partial charge in [-0.25, -0.2) is 5.84 Å². The minimum absolute atomic E-state index is 0.142. The van der Waals surface area contributed by atoms with Crippen molar-refractivity contribution in [1.29, 1.82) is 0 Å². The van der Waals surface area contributed by atoms with Crippen LogP contribution in [0.1, 0.15) is 13.8 Å². The van der Waals surface area contributed by atoms with E-state index >= 15 is 0 Å². The van der Waals surface area contributed by atoms with Gasteiger partial charge in [0.2, 0.25) is 5.91 Å². The zero-order chi connectivity index (χ0) is 12.2. The molecule has 1 aromatic carbocycles. The van der Waals surface area contributed by atoms with E-state index < -0.39 is 5.41 Å². The van der Waals surface area contributed by atoms with Crippen molar-refractivity contribution in [2.45, 2.75) is 18.7 Å². The lowest BCUT2D eigenvalue weighted by Crippen LogP contribution is -2.42. The second-order valence-electron chi connectivity index (χ2n) is 4.10. The third-order valence-electron chi connectivity index (χ3n) is 2.16. The molecule has 0 fully saturated rings. The second-order valence-corrected chi connectivity index (χ2v) is 6.06. The van der Waals surface area contributed by atoms with Crippen LogP contribution in [0.4, 0.5) is 0 Å². The molecule has 0 radical (unpaired) electrons. The second kappa shape index (κ2) is 5.70. The summed E-state index contributed by atoms with van der Waals surface area (Å²) in [6.45, 7) is 3.75. The number of hydrogen-bond donors (Lipinski definition) is 2. The van der Waals surface area contributed by atoms with Gasteiger partial charge in [-0.15, -0.1) is 11.8 Å². The molecule has 1 rings (SSSR count). The highest BCUT2D eigenvalue weighted by Crippen LogP contribution is 2.28. The third-order valence-corrected chi connectivity index (χ3v) is 4.16. The average molecular weight is 303 g/mol. The number of nitrogens with two attached hydrogens (primary N) is 1. The molecule has 3 nitrogen and oxygen atoms in total. The van der Waals surface area contributed by atoms with E-state index in [-0.39, 0.29) is 5.91 Å². The van der Waals surface area contributed by atoms with Gasteiger partial charge >= 0.3 is 0 Å². The van der Waals surface area contributed by atoms with E-state index in [0.29, 0.717) is 5.75 Å². The Labute approximate surface area is 108 Å². The highest BCUT2D eigenvalue weighted by atomic mass is 79.9. The molecule has 3 N–H and O–H groups in total. The summed E-state index contributed by atoms with van der Waals surface area (Å²) in [5.41, 5.74) is 1.73. The zero-order valence-electron chi connectivity index (χ0n) is 9.29. The number of hydrogen-bond acceptors (Lipinski definition) is 3. The molecular weight excluding hydrogens is 288 g/mol. The quantitative estimate of drug-likeness (QED) is 0.389. The summed E-state index contributed by atoms with van der Waals surface area (Å²) >= 11 is 5.02. The predicted octanol–water partition coefficient (Wildman–Crippen LogP) is 2.56. The highest BCUT2D eigenvalue weighted by Gasteiger charge is 2.26. The van der Waals surface area contributed by atoms with Gasteiger partial charge < -0.3 is 0 Å². The minimum atomic E-state index is -0.466. The number of nitrogens with one attached hydrogen (secondary N) is 1. The lowest BCUT2D eigenvalue weighted by Gasteiger charge is -2.21. The van der Waals surface area contributed by atoms with E-state index in [1.807, 2.05) is 38.1 Å². The van der Waals surface area contributed by atoms with Crippen LogP contribution >= 0.6 is 27.7 Å². The number of hydrazine groups is 1. The highest BCUT2D eigenvalue weighted by molar-refractivity contribution is 9.10. The van der Waals surface area contributed by atoms with Crippen molar-refractivity contribution >= 4 is 33.6 Å². The predicted molar refractivity (Wildman–Crippen MR) is 71.0 cm³/mol. The van der Waals surface area contributed by atoms with E-state index in [1.54, 1.807) is 11.8 Å². The van der Waals surface area contributed by atoms with Crippen LogP contribution in [0.5, 0.6) is 0 Å². The Bertz CT molecular complexity index is 365. The van der Waals surface area contributed by atoms with Crippen LogP contribution in [-0.2, 0) is 4.79 Å². The Balaban J connectivity index is 2.57. The van der Waals surface area contributed by atoms with Crippen LogP contribution in [-0.4, -0.2) is 11.7 Å². The molecule has 0 saturated heterocycles. The van der Waals surface area contributed by atoms with Crippen LogP contribution in [0.2, 0.25) is 0 Å². The van der Waals surface area contributed by atoms with E-state index in [1.165, 1.54) is 0 Å². The molecule has 0 spiro atoms. The maximum atomic E-state index is 11.5. The van der Waals surface area contributed by atoms with Gasteiger partial charge in [0.05, 0.1) is 5.41 Å². The number of thioether (sulfide) groups is 1. The third kappa shape index (κ3) is 3.81. The maximum absolute atomic E-state index is 11.5. The molecule has 0 aliphatic rings. The Morgan fingerprint density at radius 3 is 2.50 bits per heavy atom. The Hall–Kier alpha value is -0.520. The number of amides is 1. The Kier molecular flexibility index (Phi) is 4.83. The van der Waals surface area contributed by atoms with Crippen molar-refractivity contribution in [3.05, 3.63) is 28.7 Å². The summed E-state index contributed by atoms with van der Waals surface area (Å²) in [4.78, 5) is 12.6. The summed E-state index contributed by atoms with van der Waals surface area (Å²) < 4.78 is 1.05. The smallest absolute Gasteiger partial charge is 0.240 e. The fraction of sp³-hybridized carbons (Fsp3) is 0.364. The van der Waals surface area contributed by atoms with E-state index in [2.05, 4.69) is 21.4 Å². The van der Waals surface area contributed by atoms with Crippen molar-refractivity contribution in [2.75, 3.05) is 5.75 Å². The molecule has 88 valence electrons. The number of benzene rings is 1. The molecule has 0 unspecified atom stereocenters.